The van der Waals surface area contributed by atoms with Gasteiger partial charge in [0.15, 0.2) is 0 Å². The predicted molar refractivity (Wildman–Crippen MR) is 135 cm³/mol. The molecule has 1 saturated heterocycles. The minimum Gasteiger partial charge on any atom is -0.465 e. The van der Waals surface area contributed by atoms with E-state index in [2.05, 4.69) is 25.9 Å². The van der Waals surface area contributed by atoms with Crippen LogP contribution in [0.1, 0.15) is 40.7 Å². The lowest BCUT2D eigenvalue weighted by atomic mass is 9.74. The zero-order valence-electron chi connectivity index (χ0n) is 20.9. The highest BCUT2D eigenvalue weighted by molar-refractivity contribution is 6.03. The first-order valence-electron chi connectivity index (χ1n) is 12.5. The van der Waals surface area contributed by atoms with Gasteiger partial charge in [-0.2, -0.15) is 0 Å². The molecular formula is C27H26F3N5O4. The van der Waals surface area contributed by atoms with Crippen molar-refractivity contribution in [2.75, 3.05) is 18.4 Å². The SMILES string of the molecule is C[C@H]1CNC[C@](NC(=O)O)(c2c(NC(=O)c3ccc(F)c(-c4c(F)cccc4F)n3)cnc3c2CCC3)[C@@H]1O. The van der Waals surface area contributed by atoms with Gasteiger partial charge in [0.25, 0.3) is 5.91 Å². The van der Waals surface area contributed by atoms with E-state index in [1.165, 1.54) is 6.20 Å². The maximum atomic E-state index is 14.6. The molecule has 0 unspecified atom stereocenters. The van der Waals surface area contributed by atoms with Gasteiger partial charge in [-0.05, 0) is 55.0 Å². The molecule has 1 fully saturated rings. The summed E-state index contributed by atoms with van der Waals surface area (Å²) in [7, 11) is 0. The highest BCUT2D eigenvalue weighted by Gasteiger charge is 2.49. The lowest BCUT2D eigenvalue weighted by molar-refractivity contribution is -0.00477. The Morgan fingerprint density at radius 2 is 1.85 bits per heavy atom. The number of aryl methyl sites for hydroxylation is 1. The smallest absolute Gasteiger partial charge is 0.405 e. The van der Waals surface area contributed by atoms with Gasteiger partial charge >= 0.3 is 6.09 Å². The number of pyridine rings is 2. The Hall–Kier alpha value is -4.03. The summed E-state index contributed by atoms with van der Waals surface area (Å²) in [6.45, 7) is 2.28. The Morgan fingerprint density at radius 1 is 1.10 bits per heavy atom. The second-order valence-corrected chi connectivity index (χ2v) is 9.86. The molecule has 2 amide bonds. The third-order valence-electron chi connectivity index (χ3n) is 7.33. The van der Waals surface area contributed by atoms with E-state index < -0.39 is 52.4 Å². The lowest BCUT2D eigenvalue weighted by Crippen LogP contribution is -2.65. The van der Waals surface area contributed by atoms with Gasteiger partial charge in [-0.15, -0.1) is 0 Å². The van der Waals surface area contributed by atoms with Crippen LogP contribution in [0.5, 0.6) is 0 Å². The van der Waals surface area contributed by atoms with Crippen molar-refractivity contribution in [1.29, 1.82) is 0 Å². The lowest BCUT2D eigenvalue weighted by Gasteiger charge is -2.46. The van der Waals surface area contributed by atoms with E-state index >= 15 is 0 Å². The van der Waals surface area contributed by atoms with E-state index in [4.69, 9.17) is 0 Å². The molecule has 5 rings (SSSR count). The third kappa shape index (κ3) is 4.70. The molecule has 1 aliphatic heterocycles. The number of fused-ring (bicyclic) bond motifs is 1. The number of amides is 2. The summed E-state index contributed by atoms with van der Waals surface area (Å²) in [6, 6.07) is 4.98. The number of aliphatic hydroxyl groups excluding tert-OH is 1. The summed E-state index contributed by atoms with van der Waals surface area (Å²) in [6.07, 6.45) is 0.842. The maximum Gasteiger partial charge on any atom is 0.405 e. The minimum atomic E-state index is -1.51. The van der Waals surface area contributed by atoms with Crippen molar-refractivity contribution >= 4 is 17.7 Å². The summed E-state index contributed by atoms with van der Waals surface area (Å²) in [5.41, 5.74) is -1.26. The second kappa shape index (κ2) is 10.3. The molecule has 2 aliphatic rings. The zero-order valence-corrected chi connectivity index (χ0v) is 20.9. The quantitative estimate of drug-likeness (QED) is 0.334. The predicted octanol–water partition coefficient (Wildman–Crippen LogP) is 3.37. The van der Waals surface area contributed by atoms with Crippen LogP contribution in [0, 0.1) is 23.4 Å². The van der Waals surface area contributed by atoms with Crippen molar-refractivity contribution in [3.8, 4) is 11.3 Å². The first-order valence-corrected chi connectivity index (χ1v) is 12.5. The molecule has 204 valence electrons. The molecular weight excluding hydrogens is 515 g/mol. The van der Waals surface area contributed by atoms with Gasteiger partial charge < -0.3 is 26.2 Å². The van der Waals surface area contributed by atoms with E-state index in [1.807, 2.05) is 0 Å². The van der Waals surface area contributed by atoms with Crippen molar-refractivity contribution in [2.45, 2.75) is 37.8 Å². The molecule has 0 saturated carbocycles. The number of anilines is 1. The van der Waals surface area contributed by atoms with Crippen molar-refractivity contribution in [1.82, 2.24) is 20.6 Å². The van der Waals surface area contributed by atoms with Crippen LogP contribution < -0.4 is 16.0 Å². The largest absolute Gasteiger partial charge is 0.465 e. The van der Waals surface area contributed by atoms with Crippen LogP contribution in [0.4, 0.5) is 23.7 Å². The number of nitrogens with zero attached hydrogens (tertiary/aromatic N) is 2. The van der Waals surface area contributed by atoms with Gasteiger partial charge in [0.2, 0.25) is 0 Å². The Labute approximate surface area is 221 Å². The Morgan fingerprint density at radius 3 is 2.56 bits per heavy atom. The third-order valence-corrected chi connectivity index (χ3v) is 7.33. The Balaban J connectivity index is 1.60. The van der Waals surface area contributed by atoms with Gasteiger partial charge in [0.05, 0.1) is 23.6 Å². The van der Waals surface area contributed by atoms with E-state index in [0.717, 1.165) is 48.0 Å². The molecule has 39 heavy (non-hydrogen) atoms. The summed E-state index contributed by atoms with van der Waals surface area (Å²) < 4.78 is 43.3. The van der Waals surface area contributed by atoms with Crippen LogP contribution in [0.2, 0.25) is 0 Å². The molecule has 3 aromatic rings. The highest BCUT2D eigenvalue weighted by Crippen LogP contribution is 2.41. The number of hydrogen-bond acceptors (Lipinski definition) is 6. The zero-order chi connectivity index (χ0) is 27.9. The molecule has 12 heteroatoms. The van der Waals surface area contributed by atoms with Gasteiger partial charge in [0.1, 0.15) is 34.4 Å². The average molecular weight is 542 g/mol. The summed E-state index contributed by atoms with van der Waals surface area (Å²) in [5.74, 6) is -4.29. The molecule has 2 aromatic heterocycles. The molecule has 0 radical (unpaired) electrons. The Kier molecular flexibility index (Phi) is 7.00. The van der Waals surface area contributed by atoms with E-state index in [-0.39, 0.29) is 23.8 Å². The maximum absolute atomic E-state index is 14.6. The number of carboxylic acid groups (broad SMARTS) is 1. The Bertz CT molecular complexity index is 1450. The molecule has 9 nitrogen and oxygen atoms in total. The number of halogens is 3. The number of carbonyl (C=O) groups excluding carboxylic acids is 1. The number of aromatic nitrogens is 2. The topological polar surface area (TPSA) is 136 Å². The molecule has 3 atom stereocenters. The average Bonchev–Trinajstić information content (AvgIpc) is 3.36. The van der Waals surface area contributed by atoms with Gasteiger partial charge in [-0.25, -0.2) is 22.9 Å². The fraction of sp³-hybridized carbons (Fsp3) is 0.333. The van der Waals surface area contributed by atoms with Crippen LogP contribution in [0.3, 0.4) is 0 Å². The number of nitrogens with one attached hydrogen (secondary N) is 3. The van der Waals surface area contributed by atoms with Crippen molar-refractivity contribution < 1.29 is 33.0 Å². The number of piperidine rings is 1. The van der Waals surface area contributed by atoms with Crippen LogP contribution >= 0.6 is 0 Å². The summed E-state index contributed by atoms with van der Waals surface area (Å²) in [5, 5.41) is 29.4. The summed E-state index contributed by atoms with van der Waals surface area (Å²) in [4.78, 5) is 33.7. The number of hydrogen-bond donors (Lipinski definition) is 5. The van der Waals surface area contributed by atoms with E-state index in [1.54, 1.807) is 6.92 Å². The fourth-order valence-corrected chi connectivity index (χ4v) is 5.57. The second-order valence-electron chi connectivity index (χ2n) is 9.86. The van der Waals surface area contributed by atoms with Gasteiger partial charge in [-0.3, -0.25) is 9.78 Å². The van der Waals surface area contributed by atoms with E-state index in [9.17, 15) is 33.0 Å². The molecule has 0 spiro atoms. The van der Waals surface area contributed by atoms with Crippen LogP contribution in [0.15, 0.2) is 36.5 Å². The fourth-order valence-electron chi connectivity index (χ4n) is 5.57. The van der Waals surface area contributed by atoms with Crippen molar-refractivity contribution in [3.63, 3.8) is 0 Å². The van der Waals surface area contributed by atoms with Gasteiger partial charge in [-0.1, -0.05) is 13.0 Å². The molecule has 3 heterocycles. The van der Waals surface area contributed by atoms with Crippen LogP contribution in [-0.4, -0.2) is 51.4 Å². The number of aliphatic hydroxyl groups is 1. The summed E-state index contributed by atoms with van der Waals surface area (Å²) >= 11 is 0. The highest BCUT2D eigenvalue weighted by atomic mass is 19.1. The van der Waals surface area contributed by atoms with Crippen molar-refractivity contribution in [3.05, 3.63) is 76.5 Å². The number of rotatable bonds is 5. The first-order chi connectivity index (χ1) is 18.6. The normalized spacial score (nSPS) is 22.3. The minimum absolute atomic E-state index is 0.0512. The standard InChI is InChI=1S/C27H26F3N5O4/c1-13-10-31-12-27(24(13)36,35-26(38)39)22-14-4-2-7-18(14)32-11-20(22)34-25(37)19-9-8-17(30)23(33-19)21-15(28)5-3-6-16(21)29/h3,5-6,8-9,11,13,24,31,35-36H,2,4,7,10,12H2,1H3,(H,34,37)(H,38,39)/t13-,24+,27-/m0/s1. The molecule has 0 bridgehead atoms. The van der Waals surface area contributed by atoms with Crippen LogP contribution in [0.25, 0.3) is 11.3 Å². The molecule has 5 N–H and O–H groups in total. The van der Waals surface area contributed by atoms with Gasteiger partial charge in [0, 0.05) is 24.3 Å². The number of carbonyl (C=O) groups is 2. The number of benzene rings is 1. The van der Waals surface area contributed by atoms with Crippen molar-refractivity contribution in [2.24, 2.45) is 5.92 Å². The monoisotopic (exact) mass is 541 g/mol. The molecule has 1 aromatic carbocycles. The van der Waals surface area contributed by atoms with E-state index in [0.29, 0.717) is 24.9 Å². The molecule has 1 aliphatic carbocycles. The first kappa shape index (κ1) is 26.6. The van der Waals surface area contributed by atoms with Crippen LogP contribution in [-0.2, 0) is 18.4 Å².